The zero-order valence-electron chi connectivity index (χ0n) is 22.6. The van der Waals surface area contributed by atoms with Crippen LogP contribution in [0.3, 0.4) is 0 Å². The van der Waals surface area contributed by atoms with Crippen LogP contribution in [0.25, 0.3) is 0 Å². The number of aliphatic imine (C=N–C) groups is 2. The Morgan fingerprint density at radius 1 is 0.744 bits per heavy atom. The number of aryl methyl sites for hydroxylation is 4. The van der Waals surface area contributed by atoms with Gasteiger partial charge in [-0.25, -0.2) is 15.0 Å². The molecule has 206 valence electrons. The van der Waals surface area contributed by atoms with Gasteiger partial charge in [0.25, 0.3) is 0 Å². The molecular weight excluding hydrogens is 488 g/mol. The second kappa shape index (κ2) is 23.6. The maximum atomic E-state index is 4.72. The van der Waals surface area contributed by atoms with E-state index in [1.165, 1.54) is 11.9 Å². The van der Waals surface area contributed by atoms with E-state index in [1.54, 1.807) is 38.0 Å². The molecule has 0 spiro atoms. The maximum absolute atomic E-state index is 4.72. The number of oxazole rings is 1. The average molecular weight is 529 g/mol. The lowest BCUT2D eigenvalue weighted by atomic mass is 10.3. The van der Waals surface area contributed by atoms with Gasteiger partial charge in [0.05, 0.1) is 12.7 Å². The minimum absolute atomic E-state index is 0. The number of hydrogen-bond acceptors (Lipinski definition) is 8. The van der Waals surface area contributed by atoms with Crippen molar-refractivity contribution in [2.24, 2.45) is 9.98 Å². The van der Waals surface area contributed by atoms with Crippen LogP contribution >= 0.6 is 0 Å². The molecule has 0 fully saturated rings. The number of rotatable bonds is 0. The van der Waals surface area contributed by atoms with Gasteiger partial charge in [-0.05, 0) is 51.5 Å². The highest BCUT2D eigenvalue weighted by Crippen LogP contribution is 1.89. The smallest absolute Gasteiger partial charge is 0.190 e. The van der Waals surface area contributed by atoms with Crippen molar-refractivity contribution >= 4 is 12.1 Å². The van der Waals surface area contributed by atoms with Crippen molar-refractivity contribution < 1.29 is 4.42 Å². The van der Waals surface area contributed by atoms with Crippen LogP contribution in [0.2, 0.25) is 0 Å². The predicted molar refractivity (Wildman–Crippen MR) is 160 cm³/mol. The molecule has 0 atom stereocenters. The quantitative estimate of drug-likeness (QED) is 0.239. The van der Waals surface area contributed by atoms with Gasteiger partial charge in [0.15, 0.2) is 5.89 Å². The summed E-state index contributed by atoms with van der Waals surface area (Å²) in [7, 11) is 0. The van der Waals surface area contributed by atoms with E-state index in [1.807, 2.05) is 101 Å². The maximum Gasteiger partial charge on any atom is 0.190 e. The second-order valence-corrected chi connectivity index (χ2v) is 7.48. The summed E-state index contributed by atoms with van der Waals surface area (Å²) in [6.45, 7) is 10.3. The lowest BCUT2D eigenvalue weighted by Crippen LogP contribution is -1.73. The number of amidine groups is 1. The van der Waals surface area contributed by atoms with Crippen LogP contribution in [0.5, 0.6) is 0 Å². The molecule has 1 aromatic carbocycles. The highest BCUT2D eigenvalue weighted by molar-refractivity contribution is 5.92. The third kappa shape index (κ3) is 22.2. The van der Waals surface area contributed by atoms with Gasteiger partial charge in [0, 0.05) is 37.4 Å². The molecule has 1 N–H and O–H groups in total. The summed E-state index contributed by atoms with van der Waals surface area (Å²) in [5, 5.41) is 6.22. The highest BCUT2D eigenvalue weighted by Gasteiger charge is 1.87. The summed E-state index contributed by atoms with van der Waals surface area (Å²) in [4.78, 5) is 23.2. The van der Waals surface area contributed by atoms with E-state index in [2.05, 4.69) is 40.1 Å². The fourth-order valence-corrected chi connectivity index (χ4v) is 2.23. The molecule has 39 heavy (non-hydrogen) atoms. The van der Waals surface area contributed by atoms with E-state index in [-0.39, 0.29) is 7.43 Å². The van der Waals surface area contributed by atoms with Crippen LogP contribution in [-0.2, 0) is 0 Å². The molecule has 0 amide bonds. The Morgan fingerprint density at radius 3 is 1.67 bits per heavy atom. The molecule has 0 bridgehead atoms. The summed E-state index contributed by atoms with van der Waals surface area (Å²) < 4.78 is 4.72. The van der Waals surface area contributed by atoms with Gasteiger partial charge in [-0.1, -0.05) is 56.0 Å². The molecule has 9 heteroatoms. The van der Waals surface area contributed by atoms with Gasteiger partial charge in [-0.3, -0.25) is 20.1 Å². The van der Waals surface area contributed by atoms with Gasteiger partial charge >= 0.3 is 0 Å². The number of aromatic amines is 1. The monoisotopic (exact) mass is 528 g/mol. The summed E-state index contributed by atoms with van der Waals surface area (Å²) in [6.07, 6.45) is 11.8. The second-order valence-electron chi connectivity index (χ2n) is 7.48. The fraction of sp³-hybridized carbons (Fsp3) is 0.233. The topological polar surface area (TPSA) is 118 Å². The molecule has 0 aliphatic carbocycles. The largest absolute Gasteiger partial charge is 0.449 e. The van der Waals surface area contributed by atoms with Crippen LogP contribution in [0.4, 0.5) is 0 Å². The van der Waals surface area contributed by atoms with Crippen LogP contribution in [-0.4, -0.2) is 48.7 Å². The zero-order chi connectivity index (χ0) is 27.7. The Labute approximate surface area is 232 Å². The molecule has 0 saturated heterocycles. The van der Waals surface area contributed by atoms with Crippen molar-refractivity contribution in [2.75, 3.05) is 6.54 Å². The molecule has 0 radical (unpaired) electrons. The van der Waals surface area contributed by atoms with Gasteiger partial charge in [-0.2, -0.15) is 5.10 Å². The van der Waals surface area contributed by atoms with E-state index in [0.717, 1.165) is 29.8 Å². The Bertz CT molecular complexity index is 1110. The third-order valence-corrected chi connectivity index (χ3v) is 4.06. The van der Waals surface area contributed by atoms with E-state index >= 15 is 0 Å². The zero-order valence-corrected chi connectivity index (χ0v) is 22.6. The molecule has 1 aliphatic heterocycles. The minimum Gasteiger partial charge on any atom is -0.449 e. The number of nitrogens with zero attached hydrogens (tertiary/aromatic N) is 7. The molecule has 9 nitrogen and oxygen atoms in total. The first kappa shape index (κ1) is 34.2. The summed E-state index contributed by atoms with van der Waals surface area (Å²) in [5.74, 6) is 2.47. The van der Waals surface area contributed by atoms with E-state index in [4.69, 9.17) is 4.42 Å². The van der Waals surface area contributed by atoms with Gasteiger partial charge < -0.3 is 4.42 Å². The third-order valence-electron chi connectivity index (χ3n) is 4.06. The number of hydrogen-bond donors (Lipinski definition) is 1. The highest BCUT2D eigenvalue weighted by atomic mass is 16.3. The van der Waals surface area contributed by atoms with Crippen molar-refractivity contribution in [3.05, 3.63) is 127 Å². The van der Waals surface area contributed by atoms with E-state index in [9.17, 15) is 0 Å². The van der Waals surface area contributed by atoms with Crippen molar-refractivity contribution in [3.8, 4) is 0 Å². The number of aromatic nitrogens is 6. The van der Waals surface area contributed by atoms with E-state index in [0.29, 0.717) is 0 Å². The van der Waals surface area contributed by atoms with Gasteiger partial charge in [0.1, 0.15) is 24.3 Å². The standard InChI is InChI=1S/2C6H7N.C6H6.C4H6N2.C4H5NO.C3H5N3.CH4/c1-6-3-2-4-7-5-6;1-6-4-2-3-5-7-6;1-2-4-6-5-3-1;2*1-4-5-2-3-6-4;1-3-4-2-5-6-3;/h2*2-5H,1H3;1-6H;2H,3H2,1H3;2-3H,1H3;2H,1H3,(H,4,5,6);1H4. The Hall–Kier alpha value is -4.79. The SMILES string of the molecule is C.CC1=NCC=N1.Cc1ccccn1.Cc1cccnc1.Cc1ncco1.Cc1ncn[nH]1.c1ccccc1. The van der Waals surface area contributed by atoms with Gasteiger partial charge in [-0.15, -0.1) is 0 Å². The fourth-order valence-electron chi connectivity index (χ4n) is 2.23. The normalized spacial score (nSPS) is 9.92. The first-order valence-electron chi connectivity index (χ1n) is 11.9. The average Bonchev–Trinajstić information content (AvgIpc) is 3.74. The number of nitrogens with one attached hydrogen (secondary N) is 1. The van der Waals surface area contributed by atoms with Crippen molar-refractivity contribution in [2.45, 2.75) is 42.0 Å². The molecule has 0 unspecified atom stereocenters. The van der Waals surface area contributed by atoms with E-state index < -0.39 is 0 Å². The number of pyridine rings is 2. The van der Waals surface area contributed by atoms with Crippen LogP contribution < -0.4 is 0 Å². The Balaban J connectivity index is 0.000000443. The molecular formula is C30H40N8O. The Kier molecular flexibility index (Phi) is 20.7. The van der Waals surface area contributed by atoms with Crippen LogP contribution in [0.15, 0.2) is 119 Å². The lowest BCUT2D eigenvalue weighted by Gasteiger charge is -1.82. The molecule has 4 aromatic heterocycles. The summed E-state index contributed by atoms with van der Waals surface area (Å²) >= 11 is 0. The molecule has 6 rings (SSSR count). The number of H-pyrrole nitrogens is 1. The van der Waals surface area contributed by atoms with Gasteiger partial charge in [0.2, 0.25) is 0 Å². The van der Waals surface area contributed by atoms with Crippen LogP contribution in [0.1, 0.15) is 37.3 Å². The number of benzene rings is 1. The molecule has 1 aliphatic rings. The first-order chi connectivity index (χ1) is 18.5. The van der Waals surface area contributed by atoms with Crippen molar-refractivity contribution in [1.82, 2.24) is 30.1 Å². The first-order valence-corrected chi connectivity index (χ1v) is 11.9. The van der Waals surface area contributed by atoms with Crippen molar-refractivity contribution in [3.63, 3.8) is 0 Å². The predicted octanol–water partition coefficient (Wildman–Crippen LogP) is 6.69. The Morgan fingerprint density at radius 2 is 1.46 bits per heavy atom. The summed E-state index contributed by atoms with van der Waals surface area (Å²) in [5.41, 5.74) is 2.28. The lowest BCUT2D eigenvalue weighted by molar-refractivity contribution is 0.521. The van der Waals surface area contributed by atoms with Crippen molar-refractivity contribution in [1.29, 1.82) is 0 Å². The summed E-state index contributed by atoms with van der Waals surface area (Å²) in [6, 6.07) is 21.8. The molecule has 5 aromatic rings. The molecule has 5 heterocycles. The van der Waals surface area contributed by atoms with Crippen LogP contribution in [0, 0.1) is 27.7 Å². The minimum atomic E-state index is 0. The molecule has 0 saturated carbocycles.